The lowest BCUT2D eigenvalue weighted by Gasteiger charge is -2.33. The van der Waals surface area contributed by atoms with Crippen molar-refractivity contribution in [1.82, 2.24) is 0 Å². The number of hydrogen-bond acceptors (Lipinski definition) is 4. The summed E-state index contributed by atoms with van der Waals surface area (Å²) in [5.74, 6) is 0.439. The number of carbonyl (C=O) groups is 2. The number of nitrogens with zero attached hydrogens (tertiary/aromatic N) is 1. The lowest BCUT2D eigenvalue weighted by Crippen LogP contribution is -2.44. The normalized spacial score (nSPS) is 16.7. The number of carbonyl (C=O) groups excluding carboxylic acids is 2. The maximum Gasteiger partial charge on any atom is 0.267 e. The fourth-order valence-corrected chi connectivity index (χ4v) is 3.16. The van der Waals surface area contributed by atoms with Crippen molar-refractivity contribution in [2.75, 3.05) is 16.8 Å². The highest BCUT2D eigenvalue weighted by Crippen LogP contribution is 2.36. The van der Waals surface area contributed by atoms with Gasteiger partial charge in [-0.1, -0.05) is 13.0 Å². The van der Waals surface area contributed by atoms with E-state index in [2.05, 4.69) is 5.32 Å². The molecule has 1 unspecified atom stereocenters. The van der Waals surface area contributed by atoms with Crippen molar-refractivity contribution >= 4 is 34.5 Å². The number of nitrogens with one attached hydrogen (secondary N) is 1. The molecule has 3 rings (SSSR count). The first-order valence-corrected chi connectivity index (χ1v) is 8.45. The number of amides is 2. The molecule has 1 atom stereocenters. The third kappa shape index (κ3) is 3.07. The fraction of sp³-hybridized carbons (Fsp3) is 0.294. The van der Waals surface area contributed by atoms with Crippen LogP contribution in [0.5, 0.6) is 5.75 Å². The van der Waals surface area contributed by atoms with Gasteiger partial charge in [0, 0.05) is 18.3 Å². The van der Waals surface area contributed by atoms with E-state index in [-0.39, 0.29) is 11.8 Å². The van der Waals surface area contributed by atoms with Gasteiger partial charge in [0.15, 0.2) is 6.10 Å². The van der Waals surface area contributed by atoms with E-state index in [1.54, 1.807) is 30.0 Å². The molecule has 1 aliphatic heterocycles. The van der Waals surface area contributed by atoms with Gasteiger partial charge in [0.2, 0.25) is 0 Å². The second kappa shape index (κ2) is 6.42. The minimum absolute atomic E-state index is 0.0327. The molecule has 0 radical (unpaired) electrons. The summed E-state index contributed by atoms with van der Waals surface area (Å²) in [6.45, 7) is 4.42. The van der Waals surface area contributed by atoms with Crippen LogP contribution in [0.3, 0.4) is 0 Å². The summed E-state index contributed by atoms with van der Waals surface area (Å²) in [6.07, 6.45) is 0.353. The van der Waals surface area contributed by atoms with Gasteiger partial charge in [0.25, 0.3) is 11.8 Å². The molecule has 0 fully saturated rings. The first-order valence-electron chi connectivity index (χ1n) is 7.57. The van der Waals surface area contributed by atoms with Gasteiger partial charge >= 0.3 is 0 Å². The van der Waals surface area contributed by atoms with Gasteiger partial charge in [-0.25, -0.2) is 0 Å². The van der Waals surface area contributed by atoms with Crippen LogP contribution in [0, 0.1) is 0 Å². The Labute approximate surface area is 138 Å². The van der Waals surface area contributed by atoms with Crippen LogP contribution in [0.4, 0.5) is 11.4 Å². The third-order valence-corrected chi connectivity index (χ3v) is 4.49. The molecular formula is C17H18N2O3S. The Kier molecular flexibility index (Phi) is 4.34. The van der Waals surface area contributed by atoms with Gasteiger partial charge < -0.3 is 15.0 Å². The first kappa shape index (κ1) is 15.6. The van der Waals surface area contributed by atoms with Gasteiger partial charge in [-0.05, 0) is 36.9 Å². The zero-order valence-electron chi connectivity index (χ0n) is 13.0. The molecule has 0 bridgehead atoms. The molecule has 6 heteroatoms. The Morgan fingerprint density at radius 1 is 1.39 bits per heavy atom. The van der Waals surface area contributed by atoms with E-state index < -0.39 is 6.10 Å². The van der Waals surface area contributed by atoms with Crippen LogP contribution in [0.1, 0.15) is 29.9 Å². The zero-order chi connectivity index (χ0) is 16.4. The van der Waals surface area contributed by atoms with Crippen molar-refractivity contribution in [3.8, 4) is 5.75 Å². The van der Waals surface area contributed by atoms with Gasteiger partial charge in [0.1, 0.15) is 5.75 Å². The molecule has 1 aromatic heterocycles. The van der Waals surface area contributed by atoms with E-state index in [4.69, 9.17) is 4.74 Å². The largest absolute Gasteiger partial charge is 0.479 e. The monoisotopic (exact) mass is 330 g/mol. The molecule has 0 aliphatic carbocycles. The molecule has 120 valence electrons. The second-order valence-corrected chi connectivity index (χ2v) is 6.31. The third-order valence-electron chi connectivity index (χ3n) is 3.62. The van der Waals surface area contributed by atoms with E-state index in [0.717, 1.165) is 12.1 Å². The Bertz CT molecular complexity index is 727. The van der Waals surface area contributed by atoms with Crippen LogP contribution in [-0.4, -0.2) is 24.5 Å². The molecule has 0 saturated heterocycles. The predicted molar refractivity (Wildman–Crippen MR) is 91.4 cm³/mol. The molecule has 1 N–H and O–H groups in total. The number of hydrogen-bond donors (Lipinski definition) is 1. The van der Waals surface area contributed by atoms with Crippen molar-refractivity contribution in [1.29, 1.82) is 0 Å². The molecule has 2 amide bonds. The molecule has 2 heterocycles. The molecule has 23 heavy (non-hydrogen) atoms. The van der Waals surface area contributed by atoms with E-state index in [1.807, 2.05) is 24.4 Å². The zero-order valence-corrected chi connectivity index (χ0v) is 13.9. The van der Waals surface area contributed by atoms with Crippen LogP contribution in [0.15, 0.2) is 35.7 Å². The Morgan fingerprint density at radius 3 is 2.91 bits per heavy atom. The summed E-state index contributed by atoms with van der Waals surface area (Å²) in [5, 5.41) is 4.72. The molecule has 1 aromatic carbocycles. The summed E-state index contributed by atoms with van der Waals surface area (Å²) in [4.78, 5) is 26.7. The maximum atomic E-state index is 12.2. The number of benzene rings is 1. The maximum absolute atomic E-state index is 12.2. The van der Waals surface area contributed by atoms with Crippen molar-refractivity contribution in [2.24, 2.45) is 0 Å². The number of anilines is 2. The van der Waals surface area contributed by atoms with Crippen molar-refractivity contribution < 1.29 is 14.3 Å². The smallest absolute Gasteiger partial charge is 0.267 e. The van der Waals surface area contributed by atoms with Crippen LogP contribution in [-0.2, 0) is 4.79 Å². The van der Waals surface area contributed by atoms with Gasteiger partial charge in [-0.3, -0.25) is 9.59 Å². The average Bonchev–Trinajstić information content (AvgIpc) is 3.06. The molecule has 2 aromatic rings. The molecule has 0 saturated carbocycles. The topological polar surface area (TPSA) is 58.6 Å². The highest BCUT2D eigenvalue weighted by molar-refractivity contribution is 7.12. The SMILES string of the molecule is CCCN1C(=O)C(C)Oc2cc(NC(=O)c3cccs3)ccc21. The summed E-state index contributed by atoms with van der Waals surface area (Å²) < 4.78 is 5.69. The quantitative estimate of drug-likeness (QED) is 0.933. The Morgan fingerprint density at radius 2 is 2.22 bits per heavy atom. The summed E-state index contributed by atoms with van der Waals surface area (Å²) in [6, 6.07) is 9.00. The molecular weight excluding hydrogens is 312 g/mol. The first-order chi connectivity index (χ1) is 11.1. The van der Waals surface area contributed by atoms with Crippen molar-refractivity contribution in [3.63, 3.8) is 0 Å². The fourth-order valence-electron chi connectivity index (χ4n) is 2.54. The highest BCUT2D eigenvalue weighted by Gasteiger charge is 2.31. The van der Waals surface area contributed by atoms with Crippen LogP contribution in [0.2, 0.25) is 0 Å². The highest BCUT2D eigenvalue weighted by atomic mass is 32.1. The van der Waals surface area contributed by atoms with Gasteiger partial charge in [0.05, 0.1) is 10.6 Å². The van der Waals surface area contributed by atoms with Gasteiger partial charge in [-0.2, -0.15) is 0 Å². The standard InChI is InChI=1S/C17H18N2O3S/c1-3-8-19-13-7-6-12(10-14(13)22-11(2)17(19)21)18-16(20)15-5-4-9-23-15/h4-7,9-11H,3,8H2,1-2H3,(H,18,20). The molecule has 0 spiro atoms. The molecule has 1 aliphatic rings. The minimum Gasteiger partial charge on any atom is -0.479 e. The minimum atomic E-state index is -0.516. The summed E-state index contributed by atoms with van der Waals surface area (Å²) in [7, 11) is 0. The Hall–Kier alpha value is -2.34. The van der Waals surface area contributed by atoms with Gasteiger partial charge in [-0.15, -0.1) is 11.3 Å². The Balaban J connectivity index is 1.85. The van der Waals surface area contributed by atoms with E-state index in [1.165, 1.54) is 11.3 Å². The molecule has 5 nitrogen and oxygen atoms in total. The van der Waals surface area contributed by atoms with E-state index in [0.29, 0.717) is 22.9 Å². The van der Waals surface area contributed by atoms with E-state index >= 15 is 0 Å². The van der Waals surface area contributed by atoms with Crippen LogP contribution in [0.25, 0.3) is 0 Å². The number of thiophene rings is 1. The number of fused-ring (bicyclic) bond motifs is 1. The number of ether oxygens (including phenoxy) is 1. The average molecular weight is 330 g/mol. The van der Waals surface area contributed by atoms with Crippen LogP contribution >= 0.6 is 11.3 Å². The second-order valence-electron chi connectivity index (χ2n) is 5.36. The van der Waals surface area contributed by atoms with Crippen LogP contribution < -0.4 is 15.0 Å². The van der Waals surface area contributed by atoms with Crippen molar-refractivity contribution in [2.45, 2.75) is 26.4 Å². The summed E-state index contributed by atoms with van der Waals surface area (Å²) >= 11 is 1.39. The number of rotatable bonds is 4. The van der Waals surface area contributed by atoms with Crippen molar-refractivity contribution in [3.05, 3.63) is 40.6 Å². The van der Waals surface area contributed by atoms with E-state index in [9.17, 15) is 9.59 Å². The lowest BCUT2D eigenvalue weighted by atomic mass is 10.1. The lowest BCUT2D eigenvalue weighted by molar-refractivity contribution is -0.125. The predicted octanol–water partition coefficient (Wildman–Crippen LogP) is 3.52. The summed E-state index contributed by atoms with van der Waals surface area (Å²) in [5.41, 5.74) is 1.41.